The summed E-state index contributed by atoms with van der Waals surface area (Å²) >= 11 is 0. The van der Waals surface area contributed by atoms with Gasteiger partial charge in [0.05, 0.1) is 18.8 Å². The molecule has 2 heterocycles. The molecule has 0 spiro atoms. The van der Waals surface area contributed by atoms with Crippen molar-refractivity contribution in [1.29, 1.82) is 0 Å². The van der Waals surface area contributed by atoms with E-state index in [0.717, 1.165) is 0 Å². The van der Waals surface area contributed by atoms with Gasteiger partial charge >= 0.3 is 0 Å². The molecule has 5 heteroatoms. The first-order valence-electron chi connectivity index (χ1n) is 7.77. The van der Waals surface area contributed by atoms with Crippen LogP contribution in [0.3, 0.4) is 0 Å². The molecule has 122 valence electrons. The molecule has 0 radical (unpaired) electrons. The van der Waals surface area contributed by atoms with E-state index in [9.17, 15) is 5.11 Å². The maximum absolute atomic E-state index is 9.76. The Bertz CT molecular complexity index is 507. The van der Waals surface area contributed by atoms with Gasteiger partial charge in [0.1, 0.15) is 17.9 Å². The number of hydrogen-bond donors (Lipinski definition) is 2. The third kappa shape index (κ3) is 2.37. The van der Waals surface area contributed by atoms with Gasteiger partial charge in [-0.25, -0.2) is 0 Å². The van der Waals surface area contributed by atoms with Crippen LogP contribution in [-0.2, 0) is 20.8 Å². The number of methoxy groups -OCH3 is 1. The number of nitrogens with one attached hydrogen (secondary N) is 1. The number of rotatable bonds is 5. The van der Waals surface area contributed by atoms with E-state index in [0.29, 0.717) is 13.2 Å². The van der Waals surface area contributed by atoms with E-state index in [1.54, 1.807) is 7.11 Å². The lowest BCUT2D eigenvalue weighted by Gasteiger charge is -2.36. The Morgan fingerprint density at radius 1 is 1.32 bits per heavy atom. The molecule has 1 aromatic rings. The quantitative estimate of drug-likeness (QED) is 0.859. The number of fused-ring (bicyclic) bond motifs is 1. The van der Waals surface area contributed by atoms with Gasteiger partial charge in [-0.3, -0.25) is 5.32 Å². The Morgan fingerprint density at radius 3 is 2.68 bits per heavy atom. The van der Waals surface area contributed by atoms with Gasteiger partial charge in [0.15, 0.2) is 0 Å². The highest BCUT2D eigenvalue weighted by Gasteiger charge is 2.67. The molecule has 2 saturated heterocycles. The molecule has 0 bridgehead atoms. The van der Waals surface area contributed by atoms with Crippen molar-refractivity contribution in [2.24, 2.45) is 5.92 Å². The lowest BCUT2D eigenvalue weighted by Crippen LogP contribution is -2.58. The van der Waals surface area contributed by atoms with E-state index in [2.05, 4.69) is 17.4 Å². The van der Waals surface area contributed by atoms with Crippen LogP contribution in [0.15, 0.2) is 30.3 Å². The highest BCUT2D eigenvalue weighted by Crippen LogP contribution is 2.51. The van der Waals surface area contributed by atoms with E-state index < -0.39 is 11.7 Å². The zero-order chi connectivity index (χ0) is 15.8. The van der Waals surface area contributed by atoms with Crippen LogP contribution in [0.4, 0.5) is 0 Å². The predicted molar refractivity (Wildman–Crippen MR) is 82.3 cm³/mol. The Kier molecular flexibility index (Phi) is 4.27. The van der Waals surface area contributed by atoms with E-state index in [1.807, 2.05) is 32.0 Å². The maximum Gasteiger partial charge on any atom is 0.143 e. The fourth-order valence-electron chi connectivity index (χ4n) is 3.90. The van der Waals surface area contributed by atoms with Gasteiger partial charge in [0, 0.05) is 19.6 Å². The highest BCUT2D eigenvalue weighted by atomic mass is 16.6. The second-order valence-corrected chi connectivity index (χ2v) is 6.58. The molecule has 2 fully saturated rings. The average molecular weight is 307 g/mol. The third-order valence-electron chi connectivity index (χ3n) is 5.03. The number of aliphatic hydroxyl groups is 1. The summed E-state index contributed by atoms with van der Waals surface area (Å²) in [4.78, 5) is 0. The van der Waals surface area contributed by atoms with Crippen molar-refractivity contribution in [2.75, 3.05) is 20.3 Å². The number of hydrogen-bond acceptors (Lipinski definition) is 5. The van der Waals surface area contributed by atoms with Crippen molar-refractivity contribution in [3.8, 4) is 0 Å². The molecular weight excluding hydrogens is 282 g/mol. The molecule has 3 rings (SSSR count). The van der Waals surface area contributed by atoms with Crippen LogP contribution < -0.4 is 5.32 Å². The molecule has 2 aliphatic heterocycles. The average Bonchev–Trinajstić information content (AvgIpc) is 3.01. The number of benzene rings is 1. The van der Waals surface area contributed by atoms with E-state index >= 15 is 0 Å². The Morgan fingerprint density at radius 2 is 2.05 bits per heavy atom. The smallest absolute Gasteiger partial charge is 0.143 e. The summed E-state index contributed by atoms with van der Waals surface area (Å²) in [6.07, 6.45) is -0.699. The van der Waals surface area contributed by atoms with Gasteiger partial charge in [0.2, 0.25) is 0 Å². The topological polar surface area (TPSA) is 60.0 Å². The maximum atomic E-state index is 9.76. The largest absolute Gasteiger partial charge is 0.394 e. The van der Waals surface area contributed by atoms with Crippen LogP contribution in [-0.4, -0.2) is 49.0 Å². The molecule has 0 amide bonds. The van der Waals surface area contributed by atoms with Crippen molar-refractivity contribution in [3.63, 3.8) is 0 Å². The summed E-state index contributed by atoms with van der Waals surface area (Å²) in [7, 11) is 1.67. The summed E-state index contributed by atoms with van der Waals surface area (Å²) < 4.78 is 17.9. The summed E-state index contributed by atoms with van der Waals surface area (Å²) in [5.74, 6) is 0.0791. The van der Waals surface area contributed by atoms with Crippen molar-refractivity contribution >= 4 is 0 Å². The van der Waals surface area contributed by atoms with Crippen LogP contribution in [0.1, 0.15) is 19.4 Å². The van der Waals surface area contributed by atoms with Gasteiger partial charge in [-0.05, 0) is 19.4 Å². The second-order valence-electron chi connectivity index (χ2n) is 6.58. The molecule has 0 aliphatic carbocycles. The first kappa shape index (κ1) is 15.9. The summed E-state index contributed by atoms with van der Waals surface area (Å²) in [6.45, 7) is 5.22. The van der Waals surface area contributed by atoms with E-state index in [1.165, 1.54) is 5.56 Å². The number of ether oxygens (including phenoxy) is 3. The van der Waals surface area contributed by atoms with E-state index in [-0.39, 0.29) is 24.4 Å². The van der Waals surface area contributed by atoms with Gasteiger partial charge in [-0.15, -0.1) is 0 Å². The van der Waals surface area contributed by atoms with Crippen LogP contribution in [0, 0.1) is 5.92 Å². The standard InChI is InChI=1S/C17H25NO4/c1-16(2)13-11-21-15(17(13,20-3)14(10-19)22-16)18-9-12-7-5-4-6-8-12/h4-8,13-15,18-19H,9-11H2,1-3H3/t13-,14-,15+,17+/m1/s1. The zero-order valence-corrected chi connectivity index (χ0v) is 13.4. The normalized spacial score (nSPS) is 36.5. The second kappa shape index (κ2) is 5.91. The Labute approximate surface area is 131 Å². The summed E-state index contributed by atoms with van der Waals surface area (Å²) in [5, 5.41) is 13.2. The van der Waals surface area contributed by atoms with Crippen molar-refractivity contribution < 1.29 is 19.3 Å². The van der Waals surface area contributed by atoms with Crippen LogP contribution in [0.2, 0.25) is 0 Å². The van der Waals surface area contributed by atoms with Crippen LogP contribution in [0.25, 0.3) is 0 Å². The summed E-state index contributed by atoms with van der Waals surface area (Å²) in [5.41, 5.74) is 0.138. The van der Waals surface area contributed by atoms with Crippen molar-refractivity contribution in [1.82, 2.24) is 5.32 Å². The van der Waals surface area contributed by atoms with Gasteiger partial charge < -0.3 is 19.3 Å². The monoisotopic (exact) mass is 307 g/mol. The minimum absolute atomic E-state index is 0.0791. The predicted octanol–water partition coefficient (Wildman–Crippen LogP) is 1.30. The molecule has 22 heavy (non-hydrogen) atoms. The SMILES string of the molecule is CO[C@]12[C@H](CO[C@@H]1NCc1ccccc1)C(C)(C)O[C@@H]2CO. The minimum atomic E-state index is -0.660. The Hall–Kier alpha value is -0.980. The fraction of sp³-hybridized carbons (Fsp3) is 0.647. The molecule has 1 aromatic carbocycles. The van der Waals surface area contributed by atoms with Crippen molar-refractivity contribution in [2.45, 2.75) is 43.9 Å². The third-order valence-corrected chi connectivity index (χ3v) is 5.03. The molecule has 0 unspecified atom stereocenters. The zero-order valence-electron chi connectivity index (χ0n) is 13.4. The van der Waals surface area contributed by atoms with Crippen molar-refractivity contribution in [3.05, 3.63) is 35.9 Å². The minimum Gasteiger partial charge on any atom is -0.394 e. The highest BCUT2D eigenvalue weighted by molar-refractivity contribution is 5.17. The lowest BCUT2D eigenvalue weighted by atomic mass is 9.78. The first-order chi connectivity index (χ1) is 10.5. The van der Waals surface area contributed by atoms with Gasteiger partial charge in [0.25, 0.3) is 0 Å². The molecule has 5 nitrogen and oxygen atoms in total. The molecule has 2 aliphatic rings. The molecule has 4 atom stereocenters. The summed E-state index contributed by atoms with van der Waals surface area (Å²) in [6, 6.07) is 10.2. The molecule has 0 aromatic heterocycles. The molecule has 0 saturated carbocycles. The Balaban J connectivity index is 1.80. The van der Waals surface area contributed by atoms with Gasteiger partial charge in [-0.2, -0.15) is 0 Å². The fourth-order valence-corrected chi connectivity index (χ4v) is 3.90. The molecule has 2 N–H and O–H groups in total. The van der Waals surface area contributed by atoms with Crippen LogP contribution in [0.5, 0.6) is 0 Å². The van der Waals surface area contributed by atoms with E-state index in [4.69, 9.17) is 14.2 Å². The lowest BCUT2D eigenvalue weighted by molar-refractivity contribution is -0.153. The van der Waals surface area contributed by atoms with Gasteiger partial charge in [-0.1, -0.05) is 30.3 Å². The number of aliphatic hydroxyl groups excluding tert-OH is 1. The molecular formula is C17H25NO4. The van der Waals surface area contributed by atoms with Crippen LogP contribution >= 0.6 is 0 Å². The first-order valence-corrected chi connectivity index (χ1v) is 7.77.